The van der Waals surface area contributed by atoms with Crippen LogP contribution in [0.3, 0.4) is 0 Å². The van der Waals surface area contributed by atoms with Crippen LogP contribution < -0.4 is 4.74 Å². The number of aromatic hydroxyl groups is 1. The molecule has 0 radical (unpaired) electrons. The Balaban J connectivity index is 1.83. The van der Waals surface area contributed by atoms with Gasteiger partial charge in [0.1, 0.15) is 11.5 Å². The summed E-state index contributed by atoms with van der Waals surface area (Å²) < 4.78 is 8.42. The largest absolute Gasteiger partial charge is 0.507 e. The Bertz CT molecular complexity index is 1100. The average Bonchev–Trinajstić information content (AvgIpc) is 3.13. The minimum atomic E-state index is 0.228. The van der Waals surface area contributed by atoms with Crippen molar-refractivity contribution in [3.05, 3.63) is 88.9 Å². The molecule has 3 aromatic carbocycles. The van der Waals surface area contributed by atoms with E-state index in [0.717, 1.165) is 38.3 Å². The lowest BCUT2D eigenvalue weighted by Crippen LogP contribution is -2.05. The second kappa shape index (κ2) is 7.90. The molecule has 0 atom stereocenters. The van der Waals surface area contributed by atoms with Gasteiger partial charge >= 0.3 is 0 Å². The number of benzene rings is 3. The van der Waals surface area contributed by atoms with E-state index in [2.05, 4.69) is 15.9 Å². The lowest BCUT2D eigenvalue weighted by molar-refractivity contribution is 0.407. The molecule has 4 rings (SSSR count). The molecule has 0 amide bonds. The van der Waals surface area contributed by atoms with E-state index in [-0.39, 0.29) is 5.75 Å². The van der Waals surface area contributed by atoms with Gasteiger partial charge in [-0.3, -0.25) is 4.68 Å². The van der Waals surface area contributed by atoms with E-state index in [4.69, 9.17) is 9.84 Å². The standard InChI is InChI=1S/C23H19BrN2O2/c1-28-23-9-5-2-6-17(23)15-26-21(19-7-3-4-8-22(19)27)14-20(25-26)16-10-12-18(24)13-11-16/h2-14,27H,15H2,1H3. The van der Waals surface area contributed by atoms with E-state index < -0.39 is 0 Å². The van der Waals surface area contributed by atoms with E-state index in [0.29, 0.717) is 6.54 Å². The van der Waals surface area contributed by atoms with Crippen LogP contribution in [0.5, 0.6) is 11.5 Å². The Morgan fingerprint density at radius 2 is 1.68 bits per heavy atom. The summed E-state index contributed by atoms with van der Waals surface area (Å²) in [4.78, 5) is 0. The number of phenolic OH excluding ortho intramolecular Hbond substituents is 1. The van der Waals surface area contributed by atoms with Crippen LogP contribution in [-0.2, 0) is 6.54 Å². The first kappa shape index (κ1) is 18.3. The zero-order valence-corrected chi connectivity index (χ0v) is 16.9. The smallest absolute Gasteiger partial charge is 0.124 e. The third kappa shape index (κ3) is 3.66. The third-order valence-electron chi connectivity index (χ3n) is 4.61. The number of halogens is 1. The third-order valence-corrected chi connectivity index (χ3v) is 5.14. The summed E-state index contributed by atoms with van der Waals surface area (Å²) in [6.07, 6.45) is 0. The quantitative estimate of drug-likeness (QED) is 0.435. The van der Waals surface area contributed by atoms with Gasteiger partial charge in [0.2, 0.25) is 0 Å². The Morgan fingerprint density at radius 3 is 2.43 bits per heavy atom. The number of aromatic nitrogens is 2. The molecule has 0 aliphatic heterocycles. The lowest BCUT2D eigenvalue weighted by atomic mass is 10.1. The number of nitrogens with zero attached hydrogens (tertiary/aromatic N) is 2. The normalized spacial score (nSPS) is 10.8. The monoisotopic (exact) mass is 434 g/mol. The predicted molar refractivity (Wildman–Crippen MR) is 115 cm³/mol. The highest BCUT2D eigenvalue weighted by molar-refractivity contribution is 9.10. The maximum Gasteiger partial charge on any atom is 0.124 e. The zero-order valence-electron chi connectivity index (χ0n) is 15.3. The van der Waals surface area contributed by atoms with Crippen molar-refractivity contribution in [2.24, 2.45) is 0 Å². The summed E-state index contributed by atoms with van der Waals surface area (Å²) in [6.45, 7) is 0.532. The van der Waals surface area contributed by atoms with Gasteiger partial charge in [-0.15, -0.1) is 0 Å². The Kier molecular flexibility index (Phi) is 5.17. The van der Waals surface area contributed by atoms with Crippen molar-refractivity contribution in [1.29, 1.82) is 0 Å². The van der Waals surface area contributed by atoms with Gasteiger partial charge in [-0.2, -0.15) is 5.10 Å². The topological polar surface area (TPSA) is 47.3 Å². The van der Waals surface area contributed by atoms with Crippen LogP contribution in [0.15, 0.2) is 83.3 Å². The molecule has 4 nitrogen and oxygen atoms in total. The molecular formula is C23H19BrN2O2. The van der Waals surface area contributed by atoms with Crippen LogP contribution >= 0.6 is 15.9 Å². The fourth-order valence-electron chi connectivity index (χ4n) is 3.20. The Hall–Kier alpha value is -3.05. The van der Waals surface area contributed by atoms with Crippen molar-refractivity contribution in [3.63, 3.8) is 0 Å². The van der Waals surface area contributed by atoms with E-state index in [9.17, 15) is 5.11 Å². The SMILES string of the molecule is COc1ccccc1Cn1nc(-c2ccc(Br)cc2)cc1-c1ccccc1O. The number of hydrogen-bond donors (Lipinski definition) is 1. The summed E-state index contributed by atoms with van der Waals surface area (Å²) in [7, 11) is 1.67. The number of methoxy groups -OCH3 is 1. The van der Waals surface area contributed by atoms with Crippen molar-refractivity contribution < 1.29 is 9.84 Å². The van der Waals surface area contributed by atoms with Gasteiger partial charge in [-0.1, -0.05) is 58.4 Å². The summed E-state index contributed by atoms with van der Waals surface area (Å²) in [5, 5.41) is 15.2. The van der Waals surface area contributed by atoms with Gasteiger partial charge in [0.05, 0.1) is 25.0 Å². The zero-order chi connectivity index (χ0) is 19.5. The lowest BCUT2D eigenvalue weighted by Gasteiger charge is -2.12. The molecule has 1 N–H and O–H groups in total. The van der Waals surface area contributed by atoms with Crippen molar-refractivity contribution in [2.75, 3.05) is 7.11 Å². The number of hydrogen-bond acceptors (Lipinski definition) is 3. The van der Waals surface area contributed by atoms with Crippen molar-refractivity contribution in [1.82, 2.24) is 9.78 Å². The second-order valence-electron chi connectivity index (χ2n) is 6.41. The Labute approximate surface area is 172 Å². The summed E-state index contributed by atoms with van der Waals surface area (Å²) in [6, 6.07) is 25.2. The molecule has 4 aromatic rings. The van der Waals surface area contributed by atoms with Crippen LogP contribution in [0.1, 0.15) is 5.56 Å². The van der Waals surface area contributed by atoms with Crippen molar-refractivity contribution >= 4 is 15.9 Å². The molecule has 0 saturated carbocycles. The fourth-order valence-corrected chi connectivity index (χ4v) is 3.47. The van der Waals surface area contributed by atoms with Gasteiger partial charge in [0.15, 0.2) is 0 Å². The van der Waals surface area contributed by atoms with Crippen LogP contribution in [0.4, 0.5) is 0 Å². The van der Waals surface area contributed by atoms with Gasteiger partial charge in [0.25, 0.3) is 0 Å². The number of para-hydroxylation sites is 2. The molecule has 140 valence electrons. The summed E-state index contributed by atoms with van der Waals surface area (Å²) >= 11 is 3.47. The molecule has 28 heavy (non-hydrogen) atoms. The highest BCUT2D eigenvalue weighted by Gasteiger charge is 2.15. The Morgan fingerprint density at radius 1 is 0.964 bits per heavy atom. The van der Waals surface area contributed by atoms with Crippen molar-refractivity contribution in [3.8, 4) is 34.0 Å². The number of phenols is 1. The molecule has 0 saturated heterocycles. The maximum absolute atomic E-state index is 10.4. The molecule has 0 bridgehead atoms. The molecule has 1 aromatic heterocycles. The van der Waals surface area contributed by atoms with E-state index in [1.807, 2.05) is 77.5 Å². The van der Waals surface area contributed by atoms with Crippen LogP contribution in [0, 0.1) is 0 Å². The fraction of sp³-hybridized carbons (Fsp3) is 0.0870. The van der Waals surface area contributed by atoms with Crippen LogP contribution in [0.25, 0.3) is 22.5 Å². The first-order valence-corrected chi connectivity index (χ1v) is 9.69. The summed E-state index contributed by atoms with van der Waals surface area (Å²) in [5.74, 6) is 1.04. The van der Waals surface area contributed by atoms with E-state index in [1.165, 1.54) is 0 Å². The first-order valence-electron chi connectivity index (χ1n) is 8.90. The van der Waals surface area contributed by atoms with Gasteiger partial charge in [0, 0.05) is 21.2 Å². The van der Waals surface area contributed by atoms with Crippen LogP contribution in [-0.4, -0.2) is 22.0 Å². The van der Waals surface area contributed by atoms with E-state index >= 15 is 0 Å². The van der Waals surface area contributed by atoms with Crippen molar-refractivity contribution in [2.45, 2.75) is 6.54 Å². The minimum Gasteiger partial charge on any atom is -0.507 e. The maximum atomic E-state index is 10.4. The van der Waals surface area contributed by atoms with Gasteiger partial charge < -0.3 is 9.84 Å². The highest BCUT2D eigenvalue weighted by Crippen LogP contribution is 2.33. The molecule has 0 aliphatic carbocycles. The molecule has 1 heterocycles. The first-order chi connectivity index (χ1) is 13.7. The average molecular weight is 435 g/mol. The molecule has 0 spiro atoms. The number of rotatable bonds is 5. The molecule has 0 aliphatic rings. The molecule has 0 fully saturated rings. The highest BCUT2D eigenvalue weighted by atomic mass is 79.9. The molecule has 5 heteroatoms. The predicted octanol–water partition coefficient (Wildman–Crippen LogP) is 5.74. The number of ether oxygens (including phenoxy) is 1. The van der Waals surface area contributed by atoms with E-state index in [1.54, 1.807) is 13.2 Å². The van der Waals surface area contributed by atoms with Gasteiger partial charge in [-0.05, 0) is 36.4 Å². The molecular weight excluding hydrogens is 416 g/mol. The van der Waals surface area contributed by atoms with Crippen LogP contribution in [0.2, 0.25) is 0 Å². The molecule has 0 unspecified atom stereocenters. The van der Waals surface area contributed by atoms with Gasteiger partial charge in [-0.25, -0.2) is 0 Å². The second-order valence-corrected chi connectivity index (χ2v) is 7.32. The summed E-state index contributed by atoms with van der Waals surface area (Å²) in [5.41, 5.74) is 4.47. The minimum absolute atomic E-state index is 0.228.